The van der Waals surface area contributed by atoms with Crippen molar-refractivity contribution in [3.05, 3.63) is 58.7 Å². The zero-order valence-corrected chi connectivity index (χ0v) is 16.4. The van der Waals surface area contributed by atoms with E-state index in [1.54, 1.807) is 12.1 Å². The van der Waals surface area contributed by atoms with Crippen LogP contribution in [0.15, 0.2) is 36.4 Å². The van der Waals surface area contributed by atoms with E-state index in [1.807, 2.05) is 18.2 Å². The molecule has 2 heteroatoms. The molecule has 0 aliphatic heterocycles. The number of phenols is 2. The summed E-state index contributed by atoms with van der Waals surface area (Å²) in [5, 5.41) is 20.1. The van der Waals surface area contributed by atoms with Crippen LogP contribution in [0.5, 0.6) is 11.5 Å². The topological polar surface area (TPSA) is 40.5 Å². The van der Waals surface area contributed by atoms with Crippen LogP contribution in [0, 0.1) is 11.8 Å². The van der Waals surface area contributed by atoms with E-state index in [4.69, 9.17) is 0 Å². The van der Waals surface area contributed by atoms with E-state index >= 15 is 0 Å². The standard InChI is InChI=1S/C23H32O2/c1-15(2)13-19-20(14-16(3)4)22(25)12-11-21(19)23(5,6)17-7-9-18(24)10-8-17/h7-12,15-16,24-25H,13-14H2,1-6H3. The highest BCUT2D eigenvalue weighted by Crippen LogP contribution is 2.39. The molecular weight excluding hydrogens is 308 g/mol. The highest BCUT2D eigenvalue weighted by molar-refractivity contribution is 5.51. The van der Waals surface area contributed by atoms with Crippen molar-refractivity contribution in [2.75, 3.05) is 0 Å². The van der Waals surface area contributed by atoms with Gasteiger partial charge in [0.2, 0.25) is 0 Å². The molecule has 0 atom stereocenters. The Balaban J connectivity index is 2.64. The van der Waals surface area contributed by atoms with Gasteiger partial charge in [0, 0.05) is 5.41 Å². The Morgan fingerprint density at radius 1 is 0.760 bits per heavy atom. The molecule has 0 spiro atoms. The molecule has 2 aromatic carbocycles. The Kier molecular flexibility index (Phi) is 5.82. The van der Waals surface area contributed by atoms with Crippen LogP contribution in [0.4, 0.5) is 0 Å². The molecule has 0 unspecified atom stereocenters. The van der Waals surface area contributed by atoms with Crippen molar-refractivity contribution in [1.82, 2.24) is 0 Å². The van der Waals surface area contributed by atoms with E-state index in [-0.39, 0.29) is 11.2 Å². The summed E-state index contributed by atoms with van der Waals surface area (Å²) in [6.45, 7) is 13.3. The summed E-state index contributed by atoms with van der Waals surface area (Å²) < 4.78 is 0. The monoisotopic (exact) mass is 340 g/mol. The largest absolute Gasteiger partial charge is 0.508 e. The minimum atomic E-state index is -0.197. The van der Waals surface area contributed by atoms with Crippen LogP contribution in [0.25, 0.3) is 0 Å². The molecule has 0 amide bonds. The van der Waals surface area contributed by atoms with Gasteiger partial charge in [0.25, 0.3) is 0 Å². The maximum atomic E-state index is 10.5. The first-order valence-corrected chi connectivity index (χ1v) is 9.26. The van der Waals surface area contributed by atoms with Gasteiger partial charge in [0.15, 0.2) is 0 Å². The third kappa shape index (κ3) is 4.36. The number of phenolic OH excluding ortho intramolecular Hbond substituents is 2. The van der Waals surface area contributed by atoms with Crippen LogP contribution >= 0.6 is 0 Å². The molecule has 2 N–H and O–H groups in total. The summed E-state index contributed by atoms with van der Waals surface area (Å²) in [5.74, 6) is 1.70. The van der Waals surface area contributed by atoms with Crippen molar-refractivity contribution in [1.29, 1.82) is 0 Å². The SMILES string of the molecule is CC(C)Cc1c(O)ccc(C(C)(C)c2ccc(O)cc2)c1CC(C)C. The van der Waals surface area contributed by atoms with Crippen molar-refractivity contribution in [3.8, 4) is 11.5 Å². The first-order chi connectivity index (χ1) is 11.6. The number of rotatable bonds is 6. The Morgan fingerprint density at radius 3 is 1.80 bits per heavy atom. The summed E-state index contributed by atoms with van der Waals surface area (Å²) >= 11 is 0. The van der Waals surface area contributed by atoms with Gasteiger partial charge in [-0.15, -0.1) is 0 Å². The molecule has 0 heterocycles. The van der Waals surface area contributed by atoms with Crippen molar-refractivity contribution < 1.29 is 10.2 Å². The number of hydrogen-bond acceptors (Lipinski definition) is 2. The van der Waals surface area contributed by atoms with Crippen molar-refractivity contribution >= 4 is 0 Å². The summed E-state index contributed by atoms with van der Waals surface area (Å²) in [4.78, 5) is 0. The summed E-state index contributed by atoms with van der Waals surface area (Å²) in [7, 11) is 0. The van der Waals surface area contributed by atoms with Gasteiger partial charge in [-0.05, 0) is 65.1 Å². The second-order valence-corrected chi connectivity index (χ2v) is 8.46. The summed E-state index contributed by atoms with van der Waals surface area (Å²) in [6, 6.07) is 11.4. The zero-order chi connectivity index (χ0) is 18.8. The van der Waals surface area contributed by atoms with Crippen LogP contribution < -0.4 is 0 Å². The molecule has 136 valence electrons. The minimum absolute atomic E-state index is 0.197. The summed E-state index contributed by atoms with van der Waals surface area (Å²) in [5.41, 5.74) is 4.60. The highest BCUT2D eigenvalue weighted by atomic mass is 16.3. The number of aromatic hydroxyl groups is 2. The second kappa shape index (κ2) is 7.51. The van der Waals surface area contributed by atoms with Crippen LogP contribution in [-0.4, -0.2) is 10.2 Å². The van der Waals surface area contributed by atoms with Crippen molar-refractivity contribution in [2.45, 2.75) is 59.8 Å². The molecule has 2 nitrogen and oxygen atoms in total. The second-order valence-electron chi connectivity index (χ2n) is 8.46. The van der Waals surface area contributed by atoms with E-state index in [0.29, 0.717) is 17.6 Å². The Labute approximate surface area is 152 Å². The Morgan fingerprint density at radius 2 is 1.28 bits per heavy atom. The fourth-order valence-corrected chi connectivity index (χ4v) is 3.58. The molecule has 0 radical (unpaired) electrons. The highest BCUT2D eigenvalue weighted by Gasteiger charge is 2.28. The van der Waals surface area contributed by atoms with Gasteiger partial charge >= 0.3 is 0 Å². The molecule has 0 bridgehead atoms. The van der Waals surface area contributed by atoms with Gasteiger partial charge in [0.1, 0.15) is 11.5 Å². The molecule has 0 saturated carbocycles. The molecule has 25 heavy (non-hydrogen) atoms. The van der Waals surface area contributed by atoms with E-state index in [1.165, 1.54) is 11.1 Å². The normalized spacial score (nSPS) is 12.2. The molecule has 0 saturated heterocycles. The fraction of sp³-hybridized carbons (Fsp3) is 0.478. The lowest BCUT2D eigenvalue weighted by Crippen LogP contribution is -2.23. The van der Waals surface area contributed by atoms with Crippen LogP contribution in [0.2, 0.25) is 0 Å². The molecule has 2 aromatic rings. The van der Waals surface area contributed by atoms with E-state index < -0.39 is 0 Å². The molecule has 2 rings (SSSR count). The van der Waals surface area contributed by atoms with Gasteiger partial charge in [-0.1, -0.05) is 59.7 Å². The average molecular weight is 341 g/mol. The quantitative estimate of drug-likeness (QED) is 0.695. The van der Waals surface area contributed by atoms with Crippen LogP contribution in [-0.2, 0) is 18.3 Å². The van der Waals surface area contributed by atoms with Gasteiger partial charge in [-0.25, -0.2) is 0 Å². The van der Waals surface area contributed by atoms with E-state index in [0.717, 1.165) is 24.0 Å². The van der Waals surface area contributed by atoms with Gasteiger partial charge in [-0.2, -0.15) is 0 Å². The van der Waals surface area contributed by atoms with Gasteiger partial charge < -0.3 is 10.2 Å². The van der Waals surface area contributed by atoms with Crippen LogP contribution in [0.3, 0.4) is 0 Å². The lowest BCUT2D eigenvalue weighted by molar-refractivity contribution is 0.457. The predicted octanol–water partition coefficient (Wildman–Crippen LogP) is 5.82. The zero-order valence-electron chi connectivity index (χ0n) is 16.4. The van der Waals surface area contributed by atoms with Crippen LogP contribution in [0.1, 0.15) is 63.8 Å². The van der Waals surface area contributed by atoms with E-state index in [2.05, 4.69) is 47.6 Å². The lowest BCUT2D eigenvalue weighted by atomic mass is 9.73. The maximum Gasteiger partial charge on any atom is 0.119 e. The van der Waals surface area contributed by atoms with Crippen molar-refractivity contribution in [2.24, 2.45) is 11.8 Å². The average Bonchev–Trinajstić information content (AvgIpc) is 2.50. The smallest absolute Gasteiger partial charge is 0.119 e. The molecule has 0 aliphatic rings. The maximum absolute atomic E-state index is 10.5. The molecule has 0 aromatic heterocycles. The fourth-order valence-electron chi connectivity index (χ4n) is 3.58. The molecular formula is C23H32O2. The lowest BCUT2D eigenvalue weighted by Gasteiger charge is -2.31. The first-order valence-electron chi connectivity index (χ1n) is 9.26. The minimum Gasteiger partial charge on any atom is -0.508 e. The molecule has 0 fully saturated rings. The molecule has 0 aliphatic carbocycles. The summed E-state index contributed by atoms with van der Waals surface area (Å²) in [6.07, 6.45) is 1.83. The van der Waals surface area contributed by atoms with E-state index in [9.17, 15) is 10.2 Å². The number of hydrogen-bond donors (Lipinski definition) is 2. The van der Waals surface area contributed by atoms with Gasteiger partial charge in [0.05, 0.1) is 0 Å². The van der Waals surface area contributed by atoms with Crippen molar-refractivity contribution in [3.63, 3.8) is 0 Å². The van der Waals surface area contributed by atoms with Gasteiger partial charge in [-0.3, -0.25) is 0 Å². The number of benzene rings is 2. The Hall–Kier alpha value is -1.96. The first kappa shape index (κ1) is 19.4. The third-order valence-electron chi connectivity index (χ3n) is 4.89. The Bertz CT molecular complexity index is 710. The predicted molar refractivity (Wildman–Crippen MR) is 105 cm³/mol. The third-order valence-corrected chi connectivity index (χ3v) is 4.89.